The number of hydrogen-bond acceptors (Lipinski definition) is 5. The van der Waals surface area contributed by atoms with E-state index in [-0.39, 0.29) is 11.7 Å². The average Bonchev–Trinajstić information content (AvgIpc) is 3.30. The molecule has 2 aromatic rings. The predicted octanol–water partition coefficient (Wildman–Crippen LogP) is 2.36. The lowest BCUT2D eigenvalue weighted by molar-refractivity contribution is -0.144. The second-order valence-electron chi connectivity index (χ2n) is 7.19. The van der Waals surface area contributed by atoms with Gasteiger partial charge in [0.1, 0.15) is 0 Å². The Kier molecular flexibility index (Phi) is 6.76. The fourth-order valence-electron chi connectivity index (χ4n) is 3.56. The minimum Gasteiger partial charge on any atom is -0.459 e. The molecule has 0 spiro atoms. The van der Waals surface area contributed by atoms with Crippen LogP contribution in [-0.4, -0.2) is 66.8 Å². The van der Waals surface area contributed by atoms with Crippen LogP contribution in [0.1, 0.15) is 30.0 Å². The Morgan fingerprint density at radius 3 is 2.27 bits per heavy atom. The first kappa shape index (κ1) is 21.4. The fourth-order valence-corrected chi connectivity index (χ4v) is 3.56. The van der Waals surface area contributed by atoms with Gasteiger partial charge in [0.2, 0.25) is 0 Å². The second-order valence-corrected chi connectivity index (χ2v) is 7.19. The van der Waals surface area contributed by atoms with E-state index in [9.17, 15) is 14.4 Å². The van der Waals surface area contributed by atoms with Crippen molar-refractivity contribution in [3.05, 3.63) is 47.9 Å². The van der Waals surface area contributed by atoms with Gasteiger partial charge >= 0.3 is 11.8 Å². The zero-order valence-corrected chi connectivity index (χ0v) is 17.7. The van der Waals surface area contributed by atoms with Gasteiger partial charge in [-0.1, -0.05) is 0 Å². The van der Waals surface area contributed by atoms with E-state index in [0.717, 1.165) is 24.3 Å². The molecule has 160 valence electrons. The van der Waals surface area contributed by atoms with Gasteiger partial charge in [-0.3, -0.25) is 14.4 Å². The molecule has 3 rings (SSSR count). The number of piperazine rings is 1. The average molecular weight is 412 g/mol. The van der Waals surface area contributed by atoms with Crippen molar-refractivity contribution in [2.75, 3.05) is 49.5 Å². The zero-order chi connectivity index (χ0) is 21.7. The first-order valence-corrected chi connectivity index (χ1v) is 10.2. The molecule has 0 aliphatic carbocycles. The van der Waals surface area contributed by atoms with Gasteiger partial charge < -0.3 is 24.4 Å². The molecule has 2 heterocycles. The summed E-state index contributed by atoms with van der Waals surface area (Å²) in [5.41, 5.74) is 2.60. The molecule has 0 radical (unpaired) electrons. The summed E-state index contributed by atoms with van der Waals surface area (Å²) in [6.45, 7) is 9.21. The quantitative estimate of drug-likeness (QED) is 0.762. The number of furan rings is 1. The van der Waals surface area contributed by atoms with E-state index < -0.39 is 11.8 Å². The van der Waals surface area contributed by atoms with Crippen molar-refractivity contribution in [1.29, 1.82) is 0 Å². The van der Waals surface area contributed by atoms with Crippen LogP contribution in [0.15, 0.2) is 41.0 Å². The van der Waals surface area contributed by atoms with Crippen LogP contribution in [-0.2, 0) is 9.59 Å². The van der Waals surface area contributed by atoms with E-state index in [1.807, 2.05) is 25.1 Å². The Morgan fingerprint density at radius 2 is 1.70 bits per heavy atom. The number of aryl methyl sites for hydroxylation is 1. The van der Waals surface area contributed by atoms with Crippen LogP contribution in [0.3, 0.4) is 0 Å². The molecule has 1 saturated heterocycles. The number of carbonyl (C=O) groups is 3. The highest BCUT2D eigenvalue weighted by Crippen LogP contribution is 2.23. The van der Waals surface area contributed by atoms with Crippen molar-refractivity contribution < 1.29 is 18.8 Å². The molecule has 0 bridgehead atoms. The summed E-state index contributed by atoms with van der Waals surface area (Å²) < 4.78 is 5.14. The van der Waals surface area contributed by atoms with E-state index in [1.54, 1.807) is 17.0 Å². The Labute approximate surface area is 176 Å². The van der Waals surface area contributed by atoms with Crippen LogP contribution < -0.4 is 10.2 Å². The maximum absolute atomic E-state index is 12.6. The maximum Gasteiger partial charge on any atom is 0.313 e. The molecule has 1 fully saturated rings. The first-order valence-electron chi connectivity index (χ1n) is 10.2. The molecule has 1 aliphatic heterocycles. The molecule has 1 aromatic carbocycles. The third-order valence-corrected chi connectivity index (χ3v) is 5.37. The number of nitrogens with zero attached hydrogens (tertiary/aromatic N) is 3. The summed E-state index contributed by atoms with van der Waals surface area (Å²) in [6.07, 6.45) is 1.45. The van der Waals surface area contributed by atoms with Crippen LogP contribution in [0.25, 0.3) is 0 Å². The maximum atomic E-state index is 12.6. The molecule has 0 saturated carbocycles. The minimum atomic E-state index is -0.667. The van der Waals surface area contributed by atoms with Crippen LogP contribution in [0.5, 0.6) is 0 Å². The normalized spacial score (nSPS) is 13.8. The summed E-state index contributed by atoms with van der Waals surface area (Å²) in [5.74, 6) is -1.19. The van der Waals surface area contributed by atoms with Crippen LogP contribution >= 0.6 is 0 Å². The van der Waals surface area contributed by atoms with Gasteiger partial charge in [0.15, 0.2) is 5.76 Å². The molecule has 3 amide bonds. The number of benzene rings is 1. The van der Waals surface area contributed by atoms with Crippen molar-refractivity contribution >= 4 is 29.1 Å². The van der Waals surface area contributed by atoms with Crippen molar-refractivity contribution in [3.63, 3.8) is 0 Å². The molecule has 8 heteroatoms. The molecule has 0 unspecified atom stereocenters. The largest absolute Gasteiger partial charge is 0.459 e. The van der Waals surface area contributed by atoms with Crippen LogP contribution in [0.2, 0.25) is 0 Å². The van der Waals surface area contributed by atoms with Gasteiger partial charge in [-0.05, 0) is 56.7 Å². The van der Waals surface area contributed by atoms with Gasteiger partial charge in [-0.2, -0.15) is 0 Å². The molecule has 8 nitrogen and oxygen atoms in total. The summed E-state index contributed by atoms with van der Waals surface area (Å²) in [4.78, 5) is 42.7. The molecular formula is C22H28N4O4. The van der Waals surface area contributed by atoms with Crippen LogP contribution in [0.4, 0.5) is 11.4 Å². The monoisotopic (exact) mass is 412 g/mol. The number of hydrogen-bond donors (Lipinski definition) is 1. The Bertz CT molecular complexity index is 898. The minimum absolute atomic E-state index is 0.208. The van der Waals surface area contributed by atoms with Crippen LogP contribution in [0, 0.1) is 6.92 Å². The number of carbonyl (C=O) groups excluding carboxylic acids is 3. The standard InChI is InChI=1S/C22H28N4O4/c1-4-24(5-2)17-8-9-18(16(3)15-17)23-20(27)22(29)26-12-10-25(11-13-26)21(28)19-7-6-14-30-19/h6-9,14-15H,4-5,10-13H2,1-3H3,(H,23,27). The fraction of sp³-hybridized carbons (Fsp3) is 0.409. The molecule has 1 aliphatic rings. The van der Waals surface area contributed by atoms with E-state index in [0.29, 0.717) is 31.9 Å². The predicted molar refractivity (Wildman–Crippen MR) is 115 cm³/mol. The van der Waals surface area contributed by atoms with Gasteiger partial charge in [-0.25, -0.2) is 0 Å². The van der Waals surface area contributed by atoms with Crippen molar-refractivity contribution in [3.8, 4) is 0 Å². The lowest BCUT2D eigenvalue weighted by atomic mass is 10.1. The highest BCUT2D eigenvalue weighted by molar-refractivity contribution is 6.39. The third kappa shape index (κ3) is 4.64. The van der Waals surface area contributed by atoms with Gasteiger partial charge in [0.25, 0.3) is 5.91 Å². The van der Waals surface area contributed by atoms with Gasteiger partial charge in [0, 0.05) is 50.6 Å². The third-order valence-electron chi connectivity index (χ3n) is 5.37. The molecule has 0 atom stereocenters. The highest BCUT2D eigenvalue weighted by Gasteiger charge is 2.29. The number of amides is 3. The molecule has 1 aromatic heterocycles. The Hall–Kier alpha value is -3.29. The zero-order valence-electron chi connectivity index (χ0n) is 17.7. The summed E-state index contributed by atoms with van der Waals surface area (Å²) in [5, 5.41) is 2.72. The topological polar surface area (TPSA) is 86.1 Å². The van der Waals surface area contributed by atoms with Gasteiger partial charge in [-0.15, -0.1) is 0 Å². The van der Waals surface area contributed by atoms with E-state index in [2.05, 4.69) is 24.1 Å². The summed E-state index contributed by atoms with van der Waals surface area (Å²) in [7, 11) is 0. The summed E-state index contributed by atoms with van der Waals surface area (Å²) in [6, 6.07) is 9.05. The SMILES string of the molecule is CCN(CC)c1ccc(NC(=O)C(=O)N2CCN(C(=O)c3ccco3)CC2)c(C)c1. The number of nitrogens with one attached hydrogen (secondary N) is 1. The molecule has 30 heavy (non-hydrogen) atoms. The lowest BCUT2D eigenvalue weighted by Gasteiger charge is -2.33. The highest BCUT2D eigenvalue weighted by atomic mass is 16.3. The van der Waals surface area contributed by atoms with E-state index in [1.165, 1.54) is 11.2 Å². The summed E-state index contributed by atoms with van der Waals surface area (Å²) >= 11 is 0. The number of rotatable bonds is 5. The first-order chi connectivity index (χ1) is 14.4. The number of anilines is 2. The lowest BCUT2D eigenvalue weighted by Crippen LogP contribution is -2.53. The smallest absolute Gasteiger partial charge is 0.313 e. The molecular weight excluding hydrogens is 384 g/mol. The van der Waals surface area contributed by atoms with Gasteiger partial charge in [0.05, 0.1) is 6.26 Å². The van der Waals surface area contributed by atoms with Crippen molar-refractivity contribution in [1.82, 2.24) is 9.80 Å². The van der Waals surface area contributed by atoms with Crippen molar-refractivity contribution in [2.24, 2.45) is 0 Å². The second kappa shape index (κ2) is 9.47. The Balaban J connectivity index is 1.56. The van der Waals surface area contributed by atoms with E-state index >= 15 is 0 Å². The van der Waals surface area contributed by atoms with Crippen molar-refractivity contribution in [2.45, 2.75) is 20.8 Å². The molecule has 1 N–H and O–H groups in total. The Morgan fingerprint density at radius 1 is 1.03 bits per heavy atom. The van der Waals surface area contributed by atoms with E-state index in [4.69, 9.17) is 4.42 Å².